The number of fused-ring (bicyclic) bond motifs is 1. The first-order valence-electron chi connectivity index (χ1n) is 10.4. The van der Waals surface area contributed by atoms with E-state index in [1.54, 1.807) is 52.5 Å². The highest BCUT2D eigenvalue weighted by Gasteiger charge is 2.20. The Labute approximate surface area is 195 Å². The number of rotatable bonds is 8. The monoisotopic (exact) mass is 465 g/mol. The molecule has 0 fully saturated rings. The number of anilines is 1. The number of hydrogen-bond acceptors (Lipinski definition) is 5. The summed E-state index contributed by atoms with van der Waals surface area (Å²) in [4.78, 5) is 25.0. The lowest BCUT2D eigenvalue weighted by atomic mass is 10.1. The highest BCUT2D eigenvalue weighted by Crippen LogP contribution is 2.32. The number of benzene rings is 2. The van der Waals surface area contributed by atoms with Crippen molar-refractivity contribution < 1.29 is 9.18 Å². The first-order chi connectivity index (χ1) is 15.5. The fraction of sp³-hybridized carbons (Fsp3) is 0.240. The Morgan fingerprint density at radius 2 is 1.91 bits per heavy atom. The molecule has 0 saturated carbocycles. The van der Waals surface area contributed by atoms with Gasteiger partial charge in [-0.05, 0) is 85.2 Å². The molecule has 4 nitrogen and oxygen atoms in total. The minimum absolute atomic E-state index is 0.0426. The van der Waals surface area contributed by atoms with E-state index in [1.807, 2.05) is 12.1 Å². The number of thioether (sulfide) groups is 1. The Kier molecular flexibility index (Phi) is 7.17. The van der Waals surface area contributed by atoms with Crippen molar-refractivity contribution in [3.05, 3.63) is 83.4 Å². The lowest BCUT2D eigenvalue weighted by molar-refractivity contribution is -0.118. The number of hydrogen-bond donors (Lipinski definition) is 0. The van der Waals surface area contributed by atoms with Crippen molar-refractivity contribution in [3.8, 4) is 0 Å². The summed E-state index contributed by atoms with van der Waals surface area (Å²) >= 11 is 3.18. The molecule has 0 atom stereocenters. The molecule has 2 heterocycles. The molecule has 0 spiro atoms. The van der Waals surface area contributed by atoms with Gasteiger partial charge < -0.3 is 0 Å². The molecule has 0 aliphatic carbocycles. The second-order valence-corrected chi connectivity index (χ2v) is 9.83. The Balaban J connectivity index is 1.48. The molecule has 0 N–H and O–H groups in total. The van der Waals surface area contributed by atoms with Gasteiger partial charge in [0, 0.05) is 23.7 Å². The summed E-state index contributed by atoms with van der Waals surface area (Å²) in [5.41, 5.74) is 4.30. The molecule has 32 heavy (non-hydrogen) atoms. The van der Waals surface area contributed by atoms with Crippen LogP contribution in [-0.2, 0) is 11.3 Å². The van der Waals surface area contributed by atoms with Gasteiger partial charge in [0.2, 0.25) is 5.91 Å². The van der Waals surface area contributed by atoms with Crippen LogP contribution < -0.4 is 4.90 Å². The molecule has 0 unspecified atom stereocenters. The third-order valence-corrected chi connectivity index (χ3v) is 7.34. The first-order valence-corrected chi connectivity index (χ1v) is 12.3. The van der Waals surface area contributed by atoms with Crippen molar-refractivity contribution >= 4 is 44.4 Å². The van der Waals surface area contributed by atoms with E-state index in [-0.39, 0.29) is 11.7 Å². The van der Waals surface area contributed by atoms with Crippen molar-refractivity contribution in [1.29, 1.82) is 0 Å². The maximum Gasteiger partial charge on any atom is 0.229 e. The average Bonchev–Trinajstić information content (AvgIpc) is 3.19. The Morgan fingerprint density at radius 1 is 1.12 bits per heavy atom. The second kappa shape index (κ2) is 10.2. The Bertz CT molecular complexity index is 1170. The molecular weight excluding hydrogens is 441 g/mol. The standard InChI is InChI=1S/C25H24FN3OS2/c1-17-13-22-23(14-18(17)2)32-25(28-22)29(16-19-5-3-11-27-15-19)24(30)6-4-12-31-21-9-7-20(26)8-10-21/h3,5,7-11,13-15H,4,6,12,16H2,1-2H3. The second-order valence-electron chi connectivity index (χ2n) is 7.65. The smallest absolute Gasteiger partial charge is 0.229 e. The Hall–Kier alpha value is -2.77. The van der Waals surface area contributed by atoms with Gasteiger partial charge in [-0.15, -0.1) is 11.8 Å². The zero-order chi connectivity index (χ0) is 22.5. The largest absolute Gasteiger partial charge is 0.284 e. The predicted octanol–water partition coefficient (Wildman–Crippen LogP) is 6.55. The molecule has 7 heteroatoms. The fourth-order valence-electron chi connectivity index (χ4n) is 3.30. The molecule has 4 rings (SSSR count). The maximum absolute atomic E-state index is 13.2. The molecule has 1 amide bonds. The first kappa shape index (κ1) is 22.4. The number of pyridine rings is 1. The van der Waals surface area contributed by atoms with Crippen LogP contribution in [0.3, 0.4) is 0 Å². The van der Waals surface area contributed by atoms with Crippen LogP contribution >= 0.6 is 23.1 Å². The molecule has 164 valence electrons. The van der Waals surface area contributed by atoms with Gasteiger partial charge in [0.15, 0.2) is 5.13 Å². The van der Waals surface area contributed by atoms with Crippen LogP contribution in [0.1, 0.15) is 29.5 Å². The van der Waals surface area contributed by atoms with E-state index < -0.39 is 0 Å². The van der Waals surface area contributed by atoms with Crippen LogP contribution in [0, 0.1) is 19.7 Å². The highest BCUT2D eigenvalue weighted by atomic mass is 32.2. The third kappa shape index (κ3) is 5.53. The predicted molar refractivity (Wildman–Crippen MR) is 131 cm³/mol. The van der Waals surface area contributed by atoms with E-state index >= 15 is 0 Å². The quantitative estimate of drug-likeness (QED) is 0.219. The van der Waals surface area contributed by atoms with Crippen LogP contribution in [0.2, 0.25) is 0 Å². The van der Waals surface area contributed by atoms with Crippen LogP contribution in [-0.4, -0.2) is 21.6 Å². The summed E-state index contributed by atoms with van der Waals surface area (Å²) in [6.45, 7) is 4.60. The van der Waals surface area contributed by atoms with E-state index in [1.165, 1.54) is 23.3 Å². The summed E-state index contributed by atoms with van der Waals surface area (Å²) in [7, 11) is 0. The lowest BCUT2D eigenvalue weighted by Gasteiger charge is -2.20. The topological polar surface area (TPSA) is 46.1 Å². The third-order valence-electron chi connectivity index (χ3n) is 5.21. The molecular formula is C25H24FN3OS2. The van der Waals surface area contributed by atoms with Crippen LogP contribution in [0.25, 0.3) is 10.2 Å². The highest BCUT2D eigenvalue weighted by molar-refractivity contribution is 7.99. The summed E-state index contributed by atoms with van der Waals surface area (Å²) < 4.78 is 14.1. The van der Waals surface area contributed by atoms with Crippen molar-refractivity contribution in [2.45, 2.75) is 38.1 Å². The summed E-state index contributed by atoms with van der Waals surface area (Å²) in [6.07, 6.45) is 4.66. The molecule has 0 aliphatic rings. The van der Waals surface area contributed by atoms with Gasteiger partial charge in [-0.3, -0.25) is 14.7 Å². The van der Waals surface area contributed by atoms with Gasteiger partial charge in [0.05, 0.1) is 16.8 Å². The van der Waals surface area contributed by atoms with Crippen LogP contribution in [0.4, 0.5) is 9.52 Å². The van der Waals surface area contributed by atoms with E-state index in [0.29, 0.717) is 18.1 Å². The fourth-order valence-corrected chi connectivity index (χ4v) is 5.21. The number of aryl methyl sites for hydroxylation is 2. The molecule has 2 aromatic carbocycles. The number of aromatic nitrogens is 2. The van der Waals surface area contributed by atoms with E-state index in [2.05, 4.69) is 31.0 Å². The minimum Gasteiger partial charge on any atom is -0.284 e. The minimum atomic E-state index is -0.239. The van der Waals surface area contributed by atoms with Gasteiger partial charge in [-0.1, -0.05) is 17.4 Å². The molecule has 0 radical (unpaired) electrons. The van der Waals surface area contributed by atoms with E-state index in [9.17, 15) is 9.18 Å². The summed E-state index contributed by atoms with van der Waals surface area (Å²) in [6, 6.07) is 14.5. The van der Waals surface area contributed by atoms with Crippen molar-refractivity contribution in [2.24, 2.45) is 0 Å². The normalized spacial score (nSPS) is 11.1. The van der Waals surface area contributed by atoms with Gasteiger partial charge in [0.25, 0.3) is 0 Å². The zero-order valence-corrected chi connectivity index (χ0v) is 19.7. The SMILES string of the molecule is Cc1cc2nc(N(Cc3cccnc3)C(=O)CCCSc3ccc(F)cc3)sc2cc1C. The van der Waals surface area contributed by atoms with E-state index in [4.69, 9.17) is 4.98 Å². The van der Waals surface area contributed by atoms with Gasteiger partial charge in [-0.25, -0.2) is 9.37 Å². The van der Waals surface area contributed by atoms with Crippen molar-refractivity contribution in [3.63, 3.8) is 0 Å². The summed E-state index contributed by atoms with van der Waals surface area (Å²) in [5.74, 6) is 0.592. The molecule has 4 aromatic rings. The van der Waals surface area contributed by atoms with Crippen molar-refractivity contribution in [2.75, 3.05) is 10.7 Å². The molecule has 0 saturated heterocycles. The zero-order valence-electron chi connectivity index (χ0n) is 18.0. The van der Waals surface area contributed by atoms with Crippen LogP contribution in [0.5, 0.6) is 0 Å². The maximum atomic E-state index is 13.2. The number of carbonyl (C=O) groups excluding carboxylic acids is 1. The number of halogens is 1. The average molecular weight is 466 g/mol. The van der Waals surface area contributed by atoms with Crippen molar-refractivity contribution in [1.82, 2.24) is 9.97 Å². The molecule has 2 aromatic heterocycles. The molecule has 0 bridgehead atoms. The van der Waals surface area contributed by atoms with Crippen LogP contribution in [0.15, 0.2) is 65.8 Å². The lowest BCUT2D eigenvalue weighted by Crippen LogP contribution is -2.30. The van der Waals surface area contributed by atoms with Gasteiger partial charge in [-0.2, -0.15) is 0 Å². The van der Waals surface area contributed by atoms with Gasteiger partial charge >= 0.3 is 0 Å². The number of carbonyl (C=O) groups is 1. The van der Waals surface area contributed by atoms with E-state index in [0.717, 1.165) is 32.8 Å². The van der Waals surface area contributed by atoms with Gasteiger partial charge in [0.1, 0.15) is 5.82 Å². The summed E-state index contributed by atoms with van der Waals surface area (Å²) in [5, 5.41) is 0.713. The number of nitrogens with zero attached hydrogens (tertiary/aromatic N) is 3. The number of amides is 1. The molecule has 0 aliphatic heterocycles. The number of thiazole rings is 1. The Morgan fingerprint density at radius 3 is 2.66 bits per heavy atom.